The third kappa shape index (κ3) is 6.40. The summed E-state index contributed by atoms with van der Waals surface area (Å²) in [6, 6.07) is 2.78. The smallest absolute Gasteiger partial charge is 0.0640 e. The summed E-state index contributed by atoms with van der Waals surface area (Å²) in [5.74, 6) is 8.47. The summed E-state index contributed by atoms with van der Waals surface area (Å²) in [5, 5.41) is 10.1. The number of likely N-dealkylation sites (tertiary alicyclic amines) is 1. The molecule has 276 valence electrons. The Morgan fingerprint density at radius 2 is 1.38 bits per heavy atom. The first-order chi connectivity index (χ1) is 24.8. The van der Waals surface area contributed by atoms with Crippen molar-refractivity contribution in [3.8, 4) is 0 Å². The van der Waals surface area contributed by atoms with Gasteiger partial charge in [-0.1, -0.05) is 93.7 Å². The van der Waals surface area contributed by atoms with Gasteiger partial charge in [-0.3, -0.25) is 10.2 Å². The van der Waals surface area contributed by atoms with E-state index < -0.39 is 0 Å². The van der Waals surface area contributed by atoms with Crippen molar-refractivity contribution in [2.24, 2.45) is 53.3 Å². The van der Waals surface area contributed by atoms with E-state index in [1.807, 2.05) is 0 Å². The van der Waals surface area contributed by atoms with Crippen molar-refractivity contribution in [2.75, 3.05) is 6.54 Å². The highest BCUT2D eigenvalue weighted by atomic mass is 32.2. The second-order valence-electron chi connectivity index (χ2n) is 19.6. The second-order valence-corrected chi connectivity index (χ2v) is 21.0. The molecule has 3 nitrogen and oxygen atoms in total. The monoisotopic (exact) mass is 698 g/mol. The molecule has 13 unspecified atom stereocenters. The standard InChI is InChI=1S/C46H71N3S/c1-2-9-30(10-3-1)31-17-19-32(20-18-31)34-11-8-12-35(29-34)40-27-28-47-46(48-40)33-21-23-36(24-22-33)49-41-15-6-4-14-39(41)44-42(49)26-25-38-37-13-5-7-16-43(37)50-45(38)44/h12,21,23,25-26,30-34,36-48H,1-11,13-20,22,24,27-29H2. The Labute approximate surface area is 310 Å². The molecular weight excluding hydrogens is 627 g/mol. The summed E-state index contributed by atoms with van der Waals surface area (Å²) < 4.78 is 0. The van der Waals surface area contributed by atoms with E-state index in [1.165, 1.54) is 129 Å². The average molecular weight is 698 g/mol. The Bertz CT molecular complexity index is 1260. The number of allylic oxidation sites excluding steroid dienone is 2. The minimum atomic E-state index is 0.445. The molecule has 7 fully saturated rings. The van der Waals surface area contributed by atoms with Crippen molar-refractivity contribution < 1.29 is 0 Å². The zero-order valence-corrected chi connectivity index (χ0v) is 32.3. The van der Waals surface area contributed by atoms with E-state index in [0.717, 1.165) is 63.9 Å². The summed E-state index contributed by atoms with van der Waals surface area (Å²) in [6.45, 7) is 1.18. The van der Waals surface area contributed by atoms with Crippen molar-refractivity contribution in [3.05, 3.63) is 36.0 Å². The number of thioether (sulfide) groups is 1. The van der Waals surface area contributed by atoms with Crippen LogP contribution < -0.4 is 10.6 Å². The highest BCUT2D eigenvalue weighted by Gasteiger charge is 2.59. The van der Waals surface area contributed by atoms with Crippen LogP contribution in [0, 0.1) is 53.3 Å². The molecule has 0 aromatic carbocycles. The summed E-state index contributed by atoms with van der Waals surface area (Å²) in [4.78, 5) is 3.12. The predicted octanol–water partition coefficient (Wildman–Crippen LogP) is 10.4. The molecular formula is C46H71N3S. The van der Waals surface area contributed by atoms with Crippen LogP contribution in [0.3, 0.4) is 0 Å². The summed E-state index contributed by atoms with van der Waals surface area (Å²) in [5.41, 5.74) is 1.79. The van der Waals surface area contributed by atoms with Gasteiger partial charge in [0.15, 0.2) is 0 Å². The number of nitrogens with one attached hydrogen (secondary N) is 2. The molecule has 3 heterocycles. The maximum atomic E-state index is 4.23. The van der Waals surface area contributed by atoms with Crippen molar-refractivity contribution in [1.82, 2.24) is 15.5 Å². The van der Waals surface area contributed by atoms with Gasteiger partial charge in [0.05, 0.1) is 6.17 Å². The number of hydrogen-bond donors (Lipinski definition) is 2. The Balaban J connectivity index is 0.769. The minimum Gasteiger partial charge on any atom is -0.301 e. The molecule has 4 heteroatoms. The fourth-order valence-corrected chi connectivity index (χ4v) is 17.1. The van der Waals surface area contributed by atoms with Crippen LogP contribution in [0.2, 0.25) is 0 Å². The molecule has 0 aromatic heterocycles. The van der Waals surface area contributed by atoms with Crippen LogP contribution in [0.5, 0.6) is 0 Å². The van der Waals surface area contributed by atoms with Crippen LogP contribution in [0.15, 0.2) is 36.0 Å². The fraction of sp³-hybridized carbons (Fsp3) is 0.870. The lowest BCUT2D eigenvalue weighted by molar-refractivity contribution is 0.117. The minimum absolute atomic E-state index is 0.445. The molecule has 10 aliphatic rings. The molecule has 0 radical (unpaired) electrons. The number of nitrogens with zero attached hydrogens (tertiary/aromatic N) is 1. The van der Waals surface area contributed by atoms with Gasteiger partial charge < -0.3 is 5.32 Å². The molecule has 13 atom stereocenters. The number of rotatable bonds is 5. The maximum absolute atomic E-state index is 4.23. The predicted molar refractivity (Wildman–Crippen MR) is 211 cm³/mol. The van der Waals surface area contributed by atoms with E-state index in [1.54, 1.807) is 31.3 Å². The van der Waals surface area contributed by atoms with Crippen LogP contribution in [0.4, 0.5) is 0 Å². The lowest BCUT2D eigenvalue weighted by Gasteiger charge is -2.44. The van der Waals surface area contributed by atoms with Gasteiger partial charge in [-0.25, -0.2) is 0 Å². The average Bonchev–Trinajstić information content (AvgIpc) is 3.74. The molecule has 4 saturated carbocycles. The first kappa shape index (κ1) is 34.0. The van der Waals surface area contributed by atoms with Gasteiger partial charge >= 0.3 is 0 Å². The van der Waals surface area contributed by atoms with Crippen molar-refractivity contribution in [3.63, 3.8) is 0 Å². The van der Waals surface area contributed by atoms with Gasteiger partial charge in [-0.15, -0.1) is 0 Å². The maximum Gasteiger partial charge on any atom is 0.0640 e. The fourth-order valence-electron chi connectivity index (χ4n) is 14.9. The quantitative estimate of drug-likeness (QED) is 0.280. The Morgan fingerprint density at radius 1 is 0.620 bits per heavy atom. The summed E-state index contributed by atoms with van der Waals surface area (Å²) in [7, 11) is 0. The molecule has 2 N–H and O–H groups in total. The molecule has 50 heavy (non-hydrogen) atoms. The molecule has 0 spiro atoms. The Kier molecular flexibility index (Phi) is 10.2. The largest absolute Gasteiger partial charge is 0.301 e. The van der Waals surface area contributed by atoms with E-state index in [4.69, 9.17) is 0 Å². The molecule has 3 aliphatic heterocycles. The van der Waals surface area contributed by atoms with Crippen molar-refractivity contribution in [2.45, 2.75) is 189 Å². The first-order valence-corrected chi connectivity index (χ1v) is 23.7. The van der Waals surface area contributed by atoms with Gasteiger partial charge in [-0.05, 0) is 144 Å². The molecule has 0 aromatic rings. The van der Waals surface area contributed by atoms with E-state index in [2.05, 4.69) is 57.7 Å². The van der Waals surface area contributed by atoms with Crippen LogP contribution in [-0.2, 0) is 0 Å². The number of fused-ring (bicyclic) bond motifs is 7. The third-order valence-corrected chi connectivity index (χ3v) is 19.2. The van der Waals surface area contributed by atoms with E-state index >= 15 is 0 Å². The molecule has 0 amide bonds. The second kappa shape index (κ2) is 14.9. The van der Waals surface area contributed by atoms with Crippen LogP contribution in [0.1, 0.15) is 148 Å². The summed E-state index contributed by atoms with van der Waals surface area (Å²) in [6.07, 6.45) is 47.9. The summed E-state index contributed by atoms with van der Waals surface area (Å²) >= 11 is 2.49. The normalized spacial score (nSPS) is 49.8. The molecule has 10 rings (SSSR count). The lowest BCUT2D eigenvalue weighted by Crippen LogP contribution is -2.58. The lowest BCUT2D eigenvalue weighted by atomic mass is 9.66. The molecule has 3 saturated heterocycles. The topological polar surface area (TPSA) is 27.3 Å². The first-order valence-electron chi connectivity index (χ1n) is 22.8. The number of hydrogen-bond acceptors (Lipinski definition) is 4. The van der Waals surface area contributed by atoms with Gasteiger partial charge in [0, 0.05) is 40.6 Å². The van der Waals surface area contributed by atoms with E-state index in [-0.39, 0.29) is 0 Å². The van der Waals surface area contributed by atoms with Gasteiger partial charge in [0.1, 0.15) is 0 Å². The van der Waals surface area contributed by atoms with Gasteiger partial charge in [0.2, 0.25) is 0 Å². The van der Waals surface area contributed by atoms with E-state index in [9.17, 15) is 0 Å². The Morgan fingerprint density at radius 3 is 2.22 bits per heavy atom. The zero-order valence-electron chi connectivity index (χ0n) is 31.5. The van der Waals surface area contributed by atoms with Crippen LogP contribution >= 0.6 is 11.8 Å². The zero-order chi connectivity index (χ0) is 33.0. The van der Waals surface area contributed by atoms with Crippen molar-refractivity contribution in [1.29, 1.82) is 0 Å². The van der Waals surface area contributed by atoms with E-state index in [0.29, 0.717) is 30.2 Å². The SMILES string of the molecule is C1=CC(N2C3C=CC4C5CCCCC5SC4C3C3CCCCC32)CCC1C1NCCC(C2=CCCC(C3CCC(C4CCCCC4)CC3)C2)N1. The highest BCUT2D eigenvalue weighted by molar-refractivity contribution is 8.00. The third-order valence-electron chi connectivity index (χ3n) is 17.3. The van der Waals surface area contributed by atoms with Crippen LogP contribution in [0.25, 0.3) is 0 Å². The Hall–Kier alpha value is -0.550. The van der Waals surface area contributed by atoms with Crippen LogP contribution in [-0.4, -0.2) is 52.3 Å². The molecule has 7 aliphatic carbocycles. The van der Waals surface area contributed by atoms with Gasteiger partial charge in [-0.2, -0.15) is 11.8 Å². The van der Waals surface area contributed by atoms with Gasteiger partial charge in [0.25, 0.3) is 0 Å². The highest BCUT2D eigenvalue weighted by Crippen LogP contribution is 2.60. The molecule has 0 bridgehead atoms. The van der Waals surface area contributed by atoms with Crippen molar-refractivity contribution >= 4 is 11.8 Å².